The molecule has 0 saturated carbocycles. The summed E-state index contributed by atoms with van der Waals surface area (Å²) in [6, 6.07) is 12.7. The Morgan fingerprint density at radius 3 is 2.07 bits per heavy atom. The highest BCUT2D eigenvalue weighted by Gasteiger charge is 2.06. The third kappa shape index (κ3) is 8.48. The molecule has 0 heterocycles. The predicted octanol–water partition coefficient (Wildman–Crippen LogP) is 2.09. The van der Waals surface area contributed by atoms with E-state index in [4.69, 9.17) is 9.47 Å². The number of nitrogens with zero attached hydrogens (tertiary/aromatic N) is 1. The number of rotatable bonds is 6. The number of benzene rings is 2. The molecule has 7 nitrogen and oxygen atoms in total. The standard InChI is InChI=1S/C12H16NO3.C7H8O3S/c1-13(2)9-16-8-12(14)10-4-6-11(15-3)7-5-10;1-6-2-4-7(5-3-6)11(8,9)10/h4-7,9H,8H2,1-3H3;2-5H,1H3,(H,8,9,10)/q+1;/p-1. The molecule has 27 heavy (non-hydrogen) atoms. The lowest BCUT2D eigenvalue weighted by Gasteiger charge is -2.05. The van der Waals surface area contributed by atoms with Crippen LogP contribution in [0.1, 0.15) is 15.9 Å². The molecule has 0 atom stereocenters. The topological polar surface area (TPSA) is 95.7 Å². The molecule has 146 valence electrons. The van der Waals surface area contributed by atoms with Crippen molar-refractivity contribution in [1.29, 1.82) is 0 Å². The fourth-order valence-corrected chi connectivity index (χ4v) is 2.30. The van der Waals surface area contributed by atoms with E-state index < -0.39 is 10.1 Å². The minimum atomic E-state index is -4.27. The van der Waals surface area contributed by atoms with Gasteiger partial charge in [-0.05, 0) is 43.3 Å². The molecule has 0 radical (unpaired) electrons. The summed E-state index contributed by atoms with van der Waals surface area (Å²) in [5.74, 6) is 0.679. The molecule has 0 bridgehead atoms. The van der Waals surface area contributed by atoms with E-state index in [0.29, 0.717) is 5.56 Å². The lowest BCUT2D eigenvalue weighted by molar-refractivity contribution is -0.468. The van der Waals surface area contributed by atoms with Crippen LogP contribution >= 0.6 is 0 Å². The van der Waals surface area contributed by atoms with Gasteiger partial charge in [-0.25, -0.2) is 13.0 Å². The monoisotopic (exact) mass is 393 g/mol. The lowest BCUT2D eigenvalue weighted by Crippen LogP contribution is -2.11. The van der Waals surface area contributed by atoms with Gasteiger partial charge in [-0.1, -0.05) is 17.7 Å². The van der Waals surface area contributed by atoms with Crippen molar-refractivity contribution >= 4 is 22.3 Å². The Morgan fingerprint density at radius 2 is 1.63 bits per heavy atom. The SMILES string of the molecule is COc1ccc(C(=O)COC=[N+](C)C)cc1.Cc1ccc(S(=O)(=O)[O-])cc1. The smallest absolute Gasteiger partial charge is 0.323 e. The summed E-state index contributed by atoms with van der Waals surface area (Å²) < 4.78 is 43.0. The molecule has 0 N–H and O–H groups in total. The zero-order chi connectivity index (χ0) is 20.4. The zero-order valence-corrected chi connectivity index (χ0v) is 16.5. The number of Topliss-reactive ketones (excluding diaryl/α,β-unsaturated/α-hetero) is 1. The number of hydrogen-bond donors (Lipinski definition) is 0. The van der Waals surface area contributed by atoms with E-state index in [1.54, 1.807) is 48.1 Å². The van der Waals surface area contributed by atoms with E-state index in [0.717, 1.165) is 11.3 Å². The normalized spacial score (nSPS) is 10.3. The molecule has 2 aromatic rings. The Labute approximate surface area is 159 Å². The molecule has 0 aliphatic carbocycles. The van der Waals surface area contributed by atoms with Gasteiger partial charge in [-0.2, -0.15) is 0 Å². The molecule has 0 fully saturated rings. The van der Waals surface area contributed by atoms with Crippen LogP contribution in [0.3, 0.4) is 0 Å². The number of carbonyl (C=O) groups excluding carboxylic acids is 1. The summed E-state index contributed by atoms with van der Waals surface area (Å²) in [5.41, 5.74) is 1.55. The van der Waals surface area contributed by atoms with E-state index in [2.05, 4.69) is 0 Å². The summed E-state index contributed by atoms with van der Waals surface area (Å²) in [6.45, 7) is 1.87. The van der Waals surface area contributed by atoms with E-state index in [-0.39, 0.29) is 17.3 Å². The van der Waals surface area contributed by atoms with Crippen molar-refractivity contribution in [3.8, 4) is 5.75 Å². The van der Waals surface area contributed by atoms with Crippen molar-refractivity contribution in [2.75, 3.05) is 27.8 Å². The number of aryl methyl sites for hydroxylation is 1. The average molecular weight is 393 g/mol. The average Bonchev–Trinajstić information content (AvgIpc) is 2.61. The molecule has 8 heteroatoms. The molecule has 0 aliphatic heterocycles. The first kappa shape index (κ1) is 22.3. The third-order valence-electron chi connectivity index (χ3n) is 3.22. The summed E-state index contributed by atoms with van der Waals surface area (Å²) in [4.78, 5) is 11.4. The molecule has 0 aromatic heterocycles. The summed E-state index contributed by atoms with van der Waals surface area (Å²) in [5, 5.41) is 0. The summed E-state index contributed by atoms with van der Waals surface area (Å²) in [7, 11) is 0.982. The van der Waals surface area contributed by atoms with Crippen LogP contribution in [0, 0.1) is 6.92 Å². The second kappa shape index (κ2) is 10.4. The lowest BCUT2D eigenvalue weighted by atomic mass is 10.1. The first-order valence-corrected chi connectivity index (χ1v) is 9.35. The highest BCUT2D eigenvalue weighted by atomic mass is 32.2. The summed E-state index contributed by atoms with van der Waals surface area (Å²) >= 11 is 0. The molecule has 2 rings (SSSR count). The van der Waals surface area contributed by atoms with Crippen LogP contribution < -0.4 is 4.74 Å². The Bertz CT molecular complexity index is 867. The fraction of sp³-hybridized carbons (Fsp3) is 0.263. The van der Waals surface area contributed by atoms with Gasteiger partial charge in [0.2, 0.25) is 0 Å². The van der Waals surface area contributed by atoms with Gasteiger partial charge >= 0.3 is 6.40 Å². The number of ether oxygens (including phenoxy) is 2. The van der Waals surface area contributed by atoms with Crippen molar-refractivity contribution in [2.45, 2.75) is 11.8 Å². The van der Waals surface area contributed by atoms with E-state index in [1.807, 2.05) is 21.0 Å². The minimum absolute atomic E-state index is 0.0461. The zero-order valence-electron chi connectivity index (χ0n) is 15.7. The van der Waals surface area contributed by atoms with Gasteiger partial charge in [0.05, 0.1) is 12.0 Å². The molecule has 0 saturated heterocycles. The van der Waals surface area contributed by atoms with Crippen LogP contribution in [0.25, 0.3) is 0 Å². The first-order chi connectivity index (χ1) is 12.6. The van der Waals surface area contributed by atoms with E-state index in [1.165, 1.54) is 18.5 Å². The fourth-order valence-electron chi connectivity index (χ4n) is 1.83. The second-order valence-electron chi connectivity index (χ2n) is 5.80. The van der Waals surface area contributed by atoms with Crippen molar-refractivity contribution in [3.63, 3.8) is 0 Å². The predicted molar refractivity (Wildman–Crippen MR) is 101 cm³/mol. The van der Waals surface area contributed by atoms with Crippen LogP contribution in [-0.2, 0) is 14.9 Å². The number of methoxy groups -OCH3 is 1. The first-order valence-electron chi connectivity index (χ1n) is 7.94. The van der Waals surface area contributed by atoms with Crippen LogP contribution in [0.5, 0.6) is 5.75 Å². The molecular formula is C19H23NO6S. The molecule has 0 spiro atoms. The maximum absolute atomic E-state index is 11.6. The van der Waals surface area contributed by atoms with Crippen LogP contribution in [0.2, 0.25) is 0 Å². The number of ketones is 1. The molecule has 0 aliphatic rings. The van der Waals surface area contributed by atoms with E-state index in [9.17, 15) is 17.8 Å². The van der Waals surface area contributed by atoms with Crippen molar-refractivity contribution < 1.29 is 31.8 Å². The van der Waals surface area contributed by atoms with Crippen LogP contribution in [-0.4, -0.2) is 57.5 Å². The van der Waals surface area contributed by atoms with Gasteiger partial charge in [0.15, 0.2) is 12.4 Å². The Hall–Kier alpha value is -2.71. The molecular weight excluding hydrogens is 370 g/mol. The Morgan fingerprint density at radius 1 is 1.07 bits per heavy atom. The number of carbonyl (C=O) groups is 1. The van der Waals surface area contributed by atoms with Crippen LogP contribution in [0.15, 0.2) is 53.4 Å². The maximum Gasteiger partial charge on any atom is 0.323 e. The Balaban J connectivity index is 0.000000289. The highest BCUT2D eigenvalue weighted by molar-refractivity contribution is 7.85. The number of hydrogen-bond acceptors (Lipinski definition) is 6. The maximum atomic E-state index is 11.6. The van der Waals surface area contributed by atoms with Gasteiger partial charge in [0.1, 0.15) is 30.0 Å². The second-order valence-corrected chi connectivity index (χ2v) is 7.18. The molecule has 0 unspecified atom stereocenters. The Kier molecular flexibility index (Phi) is 8.64. The van der Waals surface area contributed by atoms with E-state index >= 15 is 0 Å². The van der Waals surface area contributed by atoms with Gasteiger partial charge < -0.3 is 14.0 Å². The van der Waals surface area contributed by atoms with Crippen molar-refractivity contribution in [2.24, 2.45) is 0 Å². The van der Waals surface area contributed by atoms with Gasteiger partial charge in [-0.15, -0.1) is 0 Å². The van der Waals surface area contributed by atoms with Crippen molar-refractivity contribution in [3.05, 3.63) is 59.7 Å². The van der Waals surface area contributed by atoms with Gasteiger partial charge in [0.25, 0.3) is 0 Å². The highest BCUT2D eigenvalue weighted by Crippen LogP contribution is 2.11. The van der Waals surface area contributed by atoms with Gasteiger partial charge in [0, 0.05) is 5.56 Å². The molecule has 2 aromatic carbocycles. The minimum Gasteiger partial charge on any atom is -0.744 e. The third-order valence-corrected chi connectivity index (χ3v) is 4.07. The van der Waals surface area contributed by atoms with Gasteiger partial charge in [-0.3, -0.25) is 4.79 Å². The quantitative estimate of drug-likeness (QED) is 0.245. The summed E-state index contributed by atoms with van der Waals surface area (Å²) in [6.07, 6.45) is 1.50. The van der Waals surface area contributed by atoms with Crippen molar-refractivity contribution in [1.82, 2.24) is 0 Å². The largest absolute Gasteiger partial charge is 0.744 e. The molecule has 0 amide bonds. The van der Waals surface area contributed by atoms with Crippen LogP contribution in [0.4, 0.5) is 0 Å².